The van der Waals surface area contributed by atoms with Crippen molar-refractivity contribution in [2.24, 2.45) is 5.92 Å². The van der Waals surface area contributed by atoms with Crippen molar-refractivity contribution in [1.29, 1.82) is 0 Å². The van der Waals surface area contributed by atoms with Crippen molar-refractivity contribution in [1.82, 2.24) is 34.0 Å². The maximum absolute atomic E-state index is 13.1. The highest BCUT2D eigenvalue weighted by molar-refractivity contribution is 5.82. The third-order valence-corrected chi connectivity index (χ3v) is 7.61. The minimum Gasteiger partial charge on any atom is -0.377 e. The van der Waals surface area contributed by atoms with Gasteiger partial charge in [-0.05, 0) is 44.4 Å². The number of alkyl halides is 2. The largest absolute Gasteiger partial charge is 0.377 e. The summed E-state index contributed by atoms with van der Waals surface area (Å²) < 4.78 is 34.9. The lowest BCUT2D eigenvalue weighted by atomic mass is 9.88. The smallest absolute Gasteiger partial charge is 0.256 e. The molecule has 4 aromatic rings. The maximum Gasteiger partial charge on any atom is 0.256 e. The molecule has 6 heterocycles. The highest BCUT2D eigenvalue weighted by atomic mass is 19.3. The van der Waals surface area contributed by atoms with Gasteiger partial charge < -0.3 is 14.6 Å². The number of imidazole rings is 1. The fourth-order valence-corrected chi connectivity index (χ4v) is 5.40. The number of aryl methyl sites for hydroxylation is 1. The molecule has 4 aromatic heterocycles. The number of aromatic nitrogens is 6. The number of nitrogens with zero attached hydrogens (tertiary/aromatic N) is 7. The quantitative estimate of drug-likeness (QED) is 0.436. The Balaban J connectivity index is 1.22. The SMILES string of the molecule is Cc1nc2ccc(-c3ccn4nc(N[C@H]5CCN(C6(C)COC6)C[C@H]5C)ncc34)nc2n1CC(F)F. The molecular formula is C25H30F2N8O. The van der Waals surface area contributed by atoms with Gasteiger partial charge in [0.25, 0.3) is 6.43 Å². The van der Waals surface area contributed by atoms with E-state index in [0.717, 1.165) is 43.8 Å². The summed E-state index contributed by atoms with van der Waals surface area (Å²) in [6.07, 6.45) is 2.19. The number of piperidine rings is 1. The molecule has 6 rings (SSSR count). The van der Waals surface area contributed by atoms with Crippen LogP contribution in [-0.2, 0) is 11.3 Å². The molecular weight excluding hydrogens is 466 g/mol. The molecule has 36 heavy (non-hydrogen) atoms. The van der Waals surface area contributed by atoms with E-state index in [2.05, 4.69) is 44.1 Å². The van der Waals surface area contributed by atoms with E-state index in [4.69, 9.17) is 4.74 Å². The Morgan fingerprint density at radius 2 is 2.06 bits per heavy atom. The Morgan fingerprint density at radius 3 is 2.78 bits per heavy atom. The Morgan fingerprint density at radius 1 is 1.22 bits per heavy atom. The molecule has 0 aromatic carbocycles. The number of hydrogen-bond donors (Lipinski definition) is 1. The lowest BCUT2D eigenvalue weighted by Gasteiger charge is -2.51. The van der Waals surface area contributed by atoms with Crippen LogP contribution in [0.1, 0.15) is 26.1 Å². The highest BCUT2D eigenvalue weighted by Gasteiger charge is 2.42. The van der Waals surface area contributed by atoms with Crippen LogP contribution < -0.4 is 5.32 Å². The molecule has 2 aliphatic heterocycles. The van der Waals surface area contributed by atoms with Crippen LogP contribution in [0.2, 0.25) is 0 Å². The van der Waals surface area contributed by atoms with Gasteiger partial charge in [0.2, 0.25) is 5.95 Å². The van der Waals surface area contributed by atoms with Gasteiger partial charge in [-0.2, -0.15) is 0 Å². The van der Waals surface area contributed by atoms with Gasteiger partial charge in [-0.3, -0.25) is 4.90 Å². The van der Waals surface area contributed by atoms with Gasteiger partial charge in [-0.1, -0.05) is 6.92 Å². The third kappa shape index (κ3) is 4.00. The lowest BCUT2D eigenvalue weighted by Crippen LogP contribution is -2.64. The summed E-state index contributed by atoms with van der Waals surface area (Å²) in [6, 6.07) is 5.88. The number of pyridine rings is 1. The van der Waals surface area contributed by atoms with E-state index in [1.807, 2.05) is 24.4 Å². The molecule has 0 radical (unpaired) electrons. The van der Waals surface area contributed by atoms with E-state index < -0.39 is 13.0 Å². The van der Waals surface area contributed by atoms with Crippen molar-refractivity contribution >= 4 is 22.6 Å². The summed E-state index contributed by atoms with van der Waals surface area (Å²) >= 11 is 0. The van der Waals surface area contributed by atoms with Gasteiger partial charge >= 0.3 is 0 Å². The summed E-state index contributed by atoms with van der Waals surface area (Å²) in [7, 11) is 0. The molecule has 0 aliphatic carbocycles. The first-order valence-corrected chi connectivity index (χ1v) is 12.4. The highest BCUT2D eigenvalue weighted by Crippen LogP contribution is 2.31. The minimum absolute atomic E-state index is 0.170. The second kappa shape index (κ2) is 8.74. The van der Waals surface area contributed by atoms with Gasteiger partial charge in [0.05, 0.1) is 42.7 Å². The zero-order valence-corrected chi connectivity index (χ0v) is 20.7. The fourth-order valence-electron chi connectivity index (χ4n) is 5.40. The first-order chi connectivity index (χ1) is 17.3. The number of halogens is 2. The predicted octanol–water partition coefficient (Wildman–Crippen LogP) is 3.63. The third-order valence-electron chi connectivity index (χ3n) is 7.61. The van der Waals surface area contributed by atoms with E-state index in [0.29, 0.717) is 40.6 Å². The molecule has 11 heteroatoms. The molecule has 2 aliphatic rings. The summed E-state index contributed by atoms with van der Waals surface area (Å²) in [4.78, 5) is 16.2. The maximum atomic E-state index is 13.1. The molecule has 0 saturated carbocycles. The topological polar surface area (TPSA) is 85.4 Å². The van der Waals surface area contributed by atoms with Crippen LogP contribution in [0.4, 0.5) is 14.7 Å². The summed E-state index contributed by atoms with van der Waals surface area (Å²) in [5.41, 5.74) is 3.52. The number of fused-ring (bicyclic) bond motifs is 2. The van der Waals surface area contributed by atoms with Crippen LogP contribution in [0.25, 0.3) is 27.9 Å². The van der Waals surface area contributed by atoms with Crippen LogP contribution in [-0.4, -0.2) is 78.3 Å². The number of hydrogen-bond acceptors (Lipinski definition) is 7. The van der Waals surface area contributed by atoms with Crippen LogP contribution in [0, 0.1) is 12.8 Å². The first kappa shape index (κ1) is 23.2. The molecule has 2 atom stereocenters. The second-order valence-electron chi connectivity index (χ2n) is 10.3. The van der Waals surface area contributed by atoms with E-state index >= 15 is 0 Å². The van der Waals surface area contributed by atoms with Crippen molar-refractivity contribution in [2.45, 2.75) is 51.7 Å². The Kier molecular flexibility index (Phi) is 5.64. The number of nitrogens with one attached hydrogen (secondary N) is 1. The van der Waals surface area contributed by atoms with Gasteiger partial charge in [0.15, 0.2) is 5.65 Å². The summed E-state index contributed by atoms with van der Waals surface area (Å²) in [6.45, 7) is 9.48. The monoisotopic (exact) mass is 496 g/mol. The van der Waals surface area contributed by atoms with E-state index in [1.165, 1.54) is 4.57 Å². The number of likely N-dealkylation sites (tertiary alicyclic amines) is 1. The molecule has 2 saturated heterocycles. The number of rotatable bonds is 6. The summed E-state index contributed by atoms with van der Waals surface area (Å²) in [5, 5.41) is 8.22. The molecule has 2 fully saturated rings. The Labute approximate surface area is 207 Å². The number of ether oxygens (including phenoxy) is 1. The number of anilines is 1. The van der Waals surface area contributed by atoms with Crippen LogP contribution in [0.15, 0.2) is 30.6 Å². The van der Waals surface area contributed by atoms with E-state index in [-0.39, 0.29) is 5.54 Å². The molecule has 0 spiro atoms. The zero-order valence-electron chi connectivity index (χ0n) is 20.7. The minimum atomic E-state index is -2.48. The van der Waals surface area contributed by atoms with Crippen molar-refractivity contribution in [3.05, 3.63) is 36.4 Å². The summed E-state index contributed by atoms with van der Waals surface area (Å²) in [5.74, 6) is 1.56. The second-order valence-corrected chi connectivity index (χ2v) is 10.3. The molecule has 0 amide bonds. The molecule has 190 valence electrons. The standard InChI is InChI=1S/C25H30F2N8O/c1-15-11-33(25(3)13-36-14-25)8-7-18(15)31-24-28-10-21-17(6-9-35(21)32-24)19-4-5-20-23(30-19)34(12-22(26)27)16(2)29-20/h4-6,9-10,15,18,22H,7-8,11-14H2,1-3H3,(H,31,32)/t15-,18+/m1/s1. The fraction of sp³-hybridized carbons (Fsp3) is 0.520. The Bertz CT molecular complexity index is 1410. The van der Waals surface area contributed by atoms with Crippen molar-refractivity contribution in [3.8, 4) is 11.3 Å². The average molecular weight is 497 g/mol. The van der Waals surface area contributed by atoms with E-state index in [9.17, 15) is 8.78 Å². The molecule has 0 unspecified atom stereocenters. The molecule has 0 bridgehead atoms. The first-order valence-electron chi connectivity index (χ1n) is 12.4. The van der Waals surface area contributed by atoms with Gasteiger partial charge in [-0.25, -0.2) is 28.2 Å². The normalized spacial score (nSPS) is 22.4. The average Bonchev–Trinajstić information content (AvgIpc) is 3.38. The van der Waals surface area contributed by atoms with Gasteiger partial charge in [0, 0.05) is 30.9 Å². The lowest BCUT2D eigenvalue weighted by molar-refractivity contribution is -0.140. The van der Waals surface area contributed by atoms with Crippen LogP contribution >= 0.6 is 0 Å². The van der Waals surface area contributed by atoms with Crippen molar-refractivity contribution < 1.29 is 13.5 Å². The van der Waals surface area contributed by atoms with Gasteiger partial charge in [-0.15, -0.1) is 5.10 Å². The predicted molar refractivity (Wildman–Crippen MR) is 132 cm³/mol. The van der Waals surface area contributed by atoms with Crippen LogP contribution in [0.3, 0.4) is 0 Å². The van der Waals surface area contributed by atoms with Crippen molar-refractivity contribution in [3.63, 3.8) is 0 Å². The molecule has 1 N–H and O–H groups in total. The van der Waals surface area contributed by atoms with Gasteiger partial charge in [0.1, 0.15) is 11.3 Å². The zero-order chi connectivity index (χ0) is 25.0. The Hall–Kier alpha value is -3.18. The van der Waals surface area contributed by atoms with Crippen LogP contribution in [0.5, 0.6) is 0 Å². The van der Waals surface area contributed by atoms with E-state index in [1.54, 1.807) is 17.6 Å². The molecule has 9 nitrogen and oxygen atoms in total. The van der Waals surface area contributed by atoms with Crippen molar-refractivity contribution in [2.75, 3.05) is 31.6 Å².